The van der Waals surface area contributed by atoms with E-state index in [2.05, 4.69) is 5.10 Å². The molecule has 1 amide bonds. The molecule has 0 fully saturated rings. The van der Waals surface area contributed by atoms with Gasteiger partial charge in [-0.05, 0) is 41.5 Å². The lowest BCUT2D eigenvalue weighted by Gasteiger charge is -2.22. The van der Waals surface area contributed by atoms with E-state index in [4.69, 9.17) is 25.8 Å². The Kier molecular flexibility index (Phi) is 8.42. The van der Waals surface area contributed by atoms with E-state index >= 15 is 0 Å². The van der Waals surface area contributed by atoms with Gasteiger partial charge in [-0.3, -0.25) is 4.79 Å². The molecular weight excluding hydrogens is 528 g/mol. The number of hydrazone groups is 1. The molecule has 5 rings (SSSR count). The molecule has 0 saturated heterocycles. The molecule has 1 heterocycles. The molecule has 1 aliphatic heterocycles. The normalized spacial score (nSPS) is 14.4. The number of halogens is 1. The molecule has 0 spiro atoms. The molecule has 0 bridgehead atoms. The Morgan fingerprint density at radius 3 is 2.35 bits per heavy atom. The maximum atomic E-state index is 13.4. The average Bonchev–Trinajstić information content (AvgIpc) is 3.46. The van der Waals surface area contributed by atoms with Crippen molar-refractivity contribution >= 4 is 29.2 Å². The van der Waals surface area contributed by atoms with Crippen molar-refractivity contribution in [3.63, 3.8) is 0 Å². The summed E-state index contributed by atoms with van der Waals surface area (Å²) in [7, 11) is 1.60. The Labute approximate surface area is 237 Å². The van der Waals surface area contributed by atoms with E-state index < -0.39 is 18.5 Å². The summed E-state index contributed by atoms with van der Waals surface area (Å²) in [5.41, 5.74) is 3.60. The summed E-state index contributed by atoms with van der Waals surface area (Å²) >= 11 is 6.23. The van der Waals surface area contributed by atoms with Gasteiger partial charge in [0.1, 0.15) is 23.7 Å². The summed E-state index contributed by atoms with van der Waals surface area (Å²) in [5, 5.41) is 6.61. The Bertz CT molecular complexity index is 1520. The molecule has 7 nitrogen and oxygen atoms in total. The summed E-state index contributed by atoms with van der Waals surface area (Å²) in [6, 6.07) is 30.9. The van der Waals surface area contributed by atoms with Crippen LogP contribution in [0.2, 0.25) is 5.02 Å². The van der Waals surface area contributed by atoms with Crippen LogP contribution in [0.4, 0.5) is 0 Å². The number of rotatable bonds is 9. The maximum Gasteiger partial charge on any atom is 0.342 e. The predicted molar refractivity (Wildman–Crippen MR) is 153 cm³/mol. The second-order valence-corrected chi connectivity index (χ2v) is 9.50. The molecule has 202 valence electrons. The number of benzene rings is 4. The summed E-state index contributed by atoms with van der Waals surface area (Å²) in [4.78, 5) is 26.4. The summed E-state index contributed by atoms with van der Waals surface area (Å²) in [6.07, 6.45) is 0.523. The minimum Gasteiger partial charge on any atom is -0.497 e. The van der Waals surface area contributed by atoms with Crippen molar-refractivity contribution in [1.29, 1.82) is 0 Å². The van der Waals surface area contributed by atoms with Crippen molar-refractivity contribution in [2.45, 2.75) is 19.1 Å². The van der Waals surface area contributed by atoms with Crippen molar-refractivity contribution < 1.29 is 23.8 Å². The van der Waals surface area contributed by atoms with Crippen molar-refractivity contribution in [3.8, 4) is 11.5 Å². The topological polar surface area (TPSA) is 77.4 Å². The van der Waals surface area contributed by atoms with Gasteiger partial charge in [0.05, 0.1) is 18.9 Å². The number of ether oxygens (including phenoxy) is 3. The van der Waals surface area contributed by atoms with Crippen molar-refractivity contribution in [3.05, 3.63) is 130 Å². The monoisotopic (exact) mass is 554 g/mol. The lowest BCUT2D eigenvalue weighted by molar-refractivity contribution is -0.136. The first kappa shape index (κ1) is 27.0. The van der Waals surface area contributed by atoms with E-state index in [1.165, 1.54) is 5.01 Å². The molecule has 0 aliphatic carbocycles. The zero-order valence-corrected chi connectivity index (χ0v) is 22.6. The van der Waals surface area contributed by atoms with Gasteiger partial charge >= 0.3 is 5.97 Å². The molecular formula is C32H27ClN2O5. The number of amides is 1. The molecule has 1 atom stereocenters. The first-order chi connectivity index (χ1) is 19.5. The quantitative estimate of drug-likeness (QED) is 0.222. The fourth-order valence-electron chi connectivity index (χ4n) is 4.43. The highest BCUT2D eigenvalue weighted by molar-refractivity contribution is 6.31. The lowest BCUT2D eigenvalue weighted by Crippen LogP contribution is -2.31. The summed E-state index contributed by atoms with van der Waals surface area (Å²) in [6.45, 7) is -0.299. The van der Waals surface area contributed by atoms with Crippen LogP contribution in [0.25, 0.3) is 0 Å². The Morgan fingerprint density at radius 1 is 0.900 bits per heavy atom. The number of hydrogen-bond acceptors (Lipinski definition) is 6. The van der Waals surface area contributed by atoms with Crippen LogP contribution >= 0.6 is 11.6 Å². The van der Waals surface area contributed by atoms with E-state index in [0.717, 1.165) is 22.4 Å². The third kappa shape index (κ3) is 6.16. The Balaban J connectivity index is 1.30. The molecule has 0 N–H and O–H groups in total. The van der Waals surface area contributed by atoms with Crippen molar-refractivity contribution in [2.24, 2.45) is 5.10 Å². The number of esters is 1. The van der Waals surface area contributed by atoms with Crippen LogP contribution in [0.3, 0.4) is 0 Å². The van der Waals surface area contributed by atoms with Gasteiger partial charge in [-0.2, -0.15) is 5.10 Å². The SMILES string of the molecule is COc1ccc(C2CC(c3ccccc3)=NN2C(=O)COC(=O)c2ccccc2OCc2ccccc2Cl)cc1. The third-order valence-corrected chi connectivity index (χ3v) is 6.92. The molecule has 4 aromatic rings. The average molecular weight is 555 g/mol. The minimum atomic E-state index is -0.671. The molecule has 1 unspecified atom stereocenters. The number of carbonyl (C=O) groups excluding carboxylic acids is 2. The zero-order valence-electron chi connectivity index (χ0n) is 21.8. The highest BCUT2D eigenvalue weighted by Crippen LogP contribution is 2.34. The highest BCUT2D eigenvalue weighted by atomic mass is 35.5. The van der Waals surface area contributed by atoms with E-state index in [9.17, 15) is 9.59 Å². The van der Waals surface area contributed by atoms with Crippen LogP contribution in [-0.4, -0.2) is 36.3 Å². The molecule has 40 heavy (non-hydrogen) atoms. The van der Waals surface area contributed by atoms with Crippen molar-refractivity contribution in [1.82, 2.24) is 5.01 Å². The lowest BCUT2D eigenvalue weighted by atomic mass is 9.98. The largest absolute Gasteiger partial charge is 0.497 e. The first-order valence-corrected chi connectivity index (χ1v) is 13.1. The highest BCUT2D eigenvalue weighted by Gasteiger charge is 2.33. The Hall–Kier alpha value is -4.62. The molecule has 8 heteroatoms. The van der Waals surface area contributed by atoms with Crippen molar-refractivity contribution in [2.75, 3.05) is 13.7 Å². The van der Waals surface area contributed by atoms with Gasteiger partial charge in [-0.1, -0.05) is 84.4 Å². The predicted octanol–water partition coefficient (Wildman–Crippen LogP) is 6.46. The minimum absolute atomic E-state index is 0.178. The van der Waals surface area contributed by atoms with E-state index in [-0.39, 0.29) is 18.2 Å². The summed E-state index contributed by atoms with van der Waals surface area (Å²) in [5.74, 6) is -0.0557. The molecule has 0 aromatic heterocycles. The fraction of sp³-hybridized carbons (Fsp3) is 0.156. The van der Waals surface area contributed by atoms with E-state index in [0.29, 0.717) is 22.9 Å². The molecule has 0 saturated carbocycles. The van der Waals surface area contributed by atoms with E-state index in [1.807, 2.05) is 72.8 Å². The first-order valence-electron chi connectivity index (χ1n) is 12.7. The third-order valence-electron chi connectivity index (χ3n) is 6.55. The molecule has 0 radical (unpaired) electrons. The van der Waals surface area contributed by atoms with Gasteiger partial charge in [0.15, 0.2) is 6.61 Å². The number of carbonyl (C=O) groups is 2. The molecule has 1 aliphatic rings. The Morgan fingerprint density at radius 2 is 1.60 bits per heavy atom. The number of nitrogens with zero attached hydrogens (tertiary/aromatic N) is 2. The van der Waals surface area contributed by atoms with E-state index in [1.54, 1.807) is 37.4 Å². The fourth-order valence-corrected chi connectivity index (χ4v) is 4.62. The van der Waals surface area contributed by atoms with Crippen LogP contribution in [0.15, 0.2) is 108 Å². The van der Waals surface area contributed by atoms with Crippen LogP contribution in [0.5, 0.6) is 11.5 Å². The standard InChI is InChI=1S/C32H27ClN2O5/c1-38-25-17-15-23(16-18-25)29-19-28(22-9-3-2-4-10-22)34-35(29)31(36)21-40-32(37)26-12-6-8-14-30(26)39-20-24-11-5-7-13-27(24)33/h2-18,29H,19-21H2,1H3. The van der Waals surface area contributed by atoms with Gasteiger partial charge in [-0.15, -0.1) is 0 Å². The van der Waals surface area contributed by atoms with Gasteiger partial charge < -0.3 is 14.2 Å². The van der Waals surface area contributed by atoms with Gasteiger partial charge in [0, 0.05) is 17.0 Å². The smallest absolute Gasteiger partial charge is 0.342 e. The van der Waals surface area contributed by atoms with Crippen LogP contribution in [0, 0.1) is 0 Å². The number of para-hydroxylation sites is 1. The van der Waals surface area contributed by atoms with Gasteiger partial charge in [0.2, 0.25) is 0 Å². The second-order valence-electron chi connectivity index (χ2n) is 9.10. The van der Waals surface area contributed by atoms with Gasteiger partial charge in [0.25, 0.3) is 5.91 Å². The van der Waals surface area contributed by atoms with Crippen LogP contribution < -0.4 is 9.47 Å². The van der Waals surface area contributed by atoms with Crippen LogP contribution in [0.1, 0.15) is 39.5 Å². The second kappa shape index (κ2) is 12.5. The number of methoxy groups -OCH3 is 1. The molecule has 4 aromatic carbocycles. The van der Waals surface area contributed by atoms with Crippen LogP contribution in [-0.2, 0) is 16.1 Å². The van der Waals surface area contributed by atoms with Gasteiger partial charge in [-0.25, -0.2) is 9.80 Å². The maximum absolute atomic E-state index is 13.4. The number of hydrogen-bond donors (Lipinski definition) is 0. The zero-order chi connectivity index (χ0) is 27.9. The summed E-state index contributed by atoms with van der Waals surface area (Å²) < 4.78 is 16.6.